The van der Waals surface area contributed by atoms with Crippen LogP contribution in [-0.4, -0.2) is 24.7 Å². The van der Waals surface area contributed by atoms with Crippen molar-refractivity contribution in [2.45, 2.75) is 45.1 Å². The van der Waals surface area contributed by atoms with Gasteiger partial charge in [-0.3, -0.25) is 4.79 Å². The molecule has 0 radical (unpaired) electrons. The number of carbonyl (C=O) groups excluding carboxylic acids is 1. The summed E-state index contributed by atoms with van der Waals surface area (Å²) in [5.74, 6) is 2.77. The van der Waals surface area contributed by atoms with Crippen LogP contribution < -0.4 is 5.32 Å². The van der Waals surface area contributed by atoms with Crippen molar-refractivity contribution in [3.8, 4) is 12.3 Å². The molecule has 0 aliphatic carbocycles. The quantitative estimate of drug-likeness (QED) is 0.582. The Morgan fingerprint density at radius 2 is 2.44 bits per heavy atom. The van der Waals surface area contributed by atoms with Gasteiger partial charge in [0.1, 0.15) is 0 Å². The minimum Gasteiger partial charge on any atom is -0.446 e. The Balaban J connectivity index is 2.38. The van der Waals surface area contributed by atoms with E-state index in [9.17, 15) is 4.79 Å². The normalized spacial score (nSPS) is 24.2. The van der Waals surface area contributed by atoms with Gasteiger partial charge >= 0.3 is 5.97 Å². The van der Waals surface area contributed by atoms with Crippen LogP contribution in [0.4, 0.5) is 0 Å². The third-order valence-electron chi connectivity index (χ3n) is 3.17. The largest absolute Gasteiger partial charge is 0.446 e. The smallest absolute Gasteiger partial charge is 0.307 e. The average molecular weight is 223 g/mol. The molecule has 3 heteroatoms. The summed E-state index contributed by atoms with van der Waals surface area (Å²) < 4.78 is 5.34. The summed E-state index contributed by atoms with van der Waals surface area (Å²) in [6, 6.07) is 0. The summed E-state index contributed by atoms with van der Waals surface area (Å²) in [5.41, 5.74) is -0.737. The molecule has 1 saturated heterocycles. The summed E-state index contributed by atoms with van der Waals surface area (Å²) in [4.78, 5) is 11.7. The average Bonchev–Trinajstić information content (AvgIpc) is 2.30. The number of hydrogen-bond acceptors (Lipinski definition) is 3. The van der Waals surface area contributed by atoms with E-state index in [1.807, 2.05) is 6.92 Å². The topological polar surface area (TPSA) is 38.3 Å². The molecule has 0 spiro atoms. The molecule has 0 bridgehead atoms. The predicted octanol–water partition coefficient (Wildman–Crippen LogP) is 1.72. The molecule has 0 aromatic carbocycles. The number of ether oxygens (including phenoxy) is 1. The maximum absolute atomic E-state index is 11.7. The first-order valence-corrected chi connectivity index (χ1v) is 6.00. The first kappa shape index (κ1) is 13.1. The van der Waals surface area contributed by atoms with Gasteiger partial charge in [0.25, 0.3) is 0 Å². The maximum Gasteiger partial charge on any atom is 0.307 e. The summed E-state index contributed by atoms with van der Waals surface area (Å²) >= 11 is 0. The molecule has 3 nitrogen and oxygen atoms in total. The fraction of sp³-hybridized carbons (Fsp3) is 0.769. The van der Waals surface area contributed by atoms with Crippen LogP contribution >= 0.6 is 0 Å². The second-order valence-corrected chi connectivity index (χ2v) is 4.62. The highest BCUT2D eigenvalue weighted by molar-refractivity contribution is 5.70. The van der Waals surface area contributed by atoms with E-state index in [1.165, 1.54) is 0 Å². The predicted molar refractivity (Wildman–Crippen MR) is 63.8 cm³/mol. The Labute approximate surface area is 97.9 Å². The van der Waals surface area contributed by atoms with Crippen LogP contribution in [0.1, 0.15) is 39.5 Å². The van der Waals surface area contributed by atoms with Crippen molar-refractivity contribution in [3.63, 3.8) is 0 Å². The van der Waals surface area contributed by atoms with Crippen molar-refractivity contribution in [1.29, 1.82) is 0 Å². The Morgan fingerprint density at radius 3 is 2.94 bits per heavy atom. The van der Waals surface area contributed by atoms with Crippen molar-refractivity contribution in [2.75, 3.05) is 13.1 Å². The first-order chi connectivity index (χ1) is 7.59. The van der Waals surface area contributed by atoms with E-state index in [4.69, 9.17) is 11.2 Å². The van der Waals surface area contributed by atoms with Crippen LogP contribution in [-0.2, 0) is 9.53 Å². The zero-order chi connectivity index (χ0) is 12.0. The fourth-order valence-electron chi connectivity index (χ4n) is 1.83. The molecule has 0 amide bonds. The lowest BCUT2D eigenvalue weighted by Gasteiger charge is -2.25. The second-order valence-electron chi connectivity index (χ2n) is 4.62. The third kappa shape index (κ3) is 3.86. The van der Waals surface area contributed by atoms with Crippen LogP contribution in [0.15, 0.2) is 0 Å². The van der Waals surface area contributed by atoms with Gasteiger partial charge < -0.3 is 10.1 Å². The van der Waals surface area contributed by atoms with Crippen LogP contribution in [0.3, 0.4) is 0 Å². The molecule has 1 N–H and O–H groups in total. The molecule has 1 heterocycles. The Bertz CT molecular complexity index is 276. The summed E-state index contributed by atoms with van der Waals surface area (Å²) in [6.07, 6.45) is 8.72. The Morgan fingerprint density at radius 1 is 1.69 bits per heavy atom. The van der Waals surface area contributed by atoms with E-state index in [-0.39, 0.29) is 5.97 Å². The number of rotatable bonds is 4. The Kier molecular flexibility index (Phi) is 4.82. The van der Waals surface area contributed by atoms with Gasteiger partial charge in [-0.2, -0.15) is 0 Å². The van der Waals surface area contributed by atoms with Crippen molar-refractivity contribution >= 4 is 5.97 Å². The highest BCUT2D eigenvalue weighted by atomic mass is 16.6. The van der Waals surface area contributed by atoms with E-state index < -0.39 is 5.60 Å². The molecule has 1 rings (SSSR count). The lowest BCUT2D eigenvalue weighted by Crippen LogP contribution is -2.34. The number of nitrogens with one attached hydrogen (secondary N) is 1. The lowest BCUT2D eigenvalue weighted by molar-refractivity contribution is -0.154. The highest BCUT2D eigenvalue weighted by Gasteiger charge is 2.26. The molecule has 0 aromatic heterocycles. The van der Waals surface area contributed by atoms with Crippen LogP contribution in [0, 0.1) is 18.3 Å². The molecule has 0 saturated carbocycles. The monoisotopic (exact) mass is 223 g/mol. The number of carbonyl (C=O) groups is 1. The molecular weight excluding hydrogens is 202 g/mol. The zero-order valence-corrected chi connectivity index (χ0v) is 10.2. The van der Waals surface area contributed by atoms with E-state index in [1.54, 1.807) is 6.92 Å². The van der Waals surface area contributed by atoms with Crippen molar-refractivity contribution in [3.05, 3.63) is 0 Å². The number of hydrogen-bond donors (Lipinski definition) is 1. The highest BCUT2D eigenvalue weighted by Crippen LogP contribution is 2.19. The molecular formula is C13H21NO2. The molecule has 16 heavy (non-hydrogen) atoms. The van der Waals surface area contributed by atoms with Gasteiger partial charge in [-0.1, -0.05) is 12.8 Å². The van der Waals surface area contributed by atoms with Gasteiger partial charge in [0.15, 0.2) is 5.60 Å². The molecule has 0 aromatic rings. The molecule has 1 aliphatic heterocycles. The van der Waals surface area contributed by atoms with Crippen LogP contribution in [0.2, 0.25) is 0 Å². The number of terminal acetylenes is 1. The lowest BCUT2D eigenvalue weighted by atomic mass is 9.96. The van der Waals surface area contributed by atoms with Gasteiger partial charge in [-0.25, -0.2) is 0 Å². The summed E-state index contributed by atoms with van der Waals surface area (Å²) in [7, 11) is 0. The zero-order valence-electron chi connectivity index (χ0n) is 10.2. The van der Waals surface area contributed by atoms with Crippen LogP contribution in [0.25, 0.3) is 0 Å². The van der Waals surface area contributed by atoms with E-state index >= 15 is 0 Å². The number of esters is 1. The molecule has 1 fully saturated rings. The van der Waals surface area contributed by atoms with Gasteiger partial charge in [-0.15, -0.1) is 6.42 Å². The van der Waals surface area contributed by atoms with Crippen LogP contribution in [0.5, 0.6) is 0 Å². The molecule has 2 atom stereocenters. The first-order valence-electron chi connectivity index (χ1n) is 6.00. The number of piperidine rings is 1. The van der Waals surface area contributed by atoms with Gasteiger partial charge in [-0.05, 0) is 45.2 Å². The second kappa shape index (κ2) is 5.91. The molecule has 1 aliphatic rings. The van der Waals surface area contributed by atoms with Gasteiger partial charge in [0.2, 0.25) is 0 Å². The SMILES string of the molecule is C#CC(C)(CC)OC(=O)CC1CCCNC1. The standard InChI is InChI=1S/C13H21NO2/c1-4-13(3,5-2)16-12(15)9-11-7-6-8-14-10-11/h1,11,14H,5-10H2,2-3H3. The van der Waals surface area contributed by atoms with E-state index in [0.717, 1.165) is 25.9 Å². The van der Waals surface area contributed by atoms with Crippen molar-refractivity contribution < 1.29 is 9.53 Å². The minimum atomic E-state index is -0.737. The van der Waals surface area contributed by atoms with Crippen molar-refractivity contribution in [2.24, 2.45) is 5.92 Å². The summed E-state index contributed by atoms with van der Waals surface area (Å²) in [5, 5.41) is 3.28. The van der Waals surface area contributed by atoms with E-state index in [0.29, 0.717) is 18.8 Å². The molecule has 2 unspecified atom stereocenters. The fourth-order valence-corrected chi connectivity index (χ4v) is 1.83. The molecule has 90 valence electrons. The van der Waals surface area contributed by atoms with Crippen molar-refractivity contribution in [1.82, 2.24) is 5.32 Å². The summed E-state index contributed by atoms with van der Waals surface area (Å²) in [6.45, 7) is 5.68. The van der Waals surface area contributed by atoms with E-state index in [2.05, 4.69) is 11.2 Å². The van der Waals surface area contributed by atoms with Gasteiger partial charge in [0, 0.05) is 6.42 Å². The Hall–Kier alpha value is -1.01. The van der Waals surface area contributed by atoms with Gasteiger partial charge in [0.05, 0.1) is 0 Å². The third-order valence-corrected chi connectivity index (χ3v) is 3.17. The minimum absolute atomic E-state index is 0.170. The maximum atomic E-state index is 11.7.